The van der Waals surface area contributed by atoms with Gasteiger partial charge in [0, 0.05) is 0 Å². The molecule has 0 aromatic carbocycles. The zero-order chi connectivity index (χ0) is 10.6. The number of hydrogen-bond acceptors (Lipinski definition) is 1. The molecular formula is C13H23N. The fourth-order valence-electron chi connectivity index (χ4n) is 1.71. The molecule has 1 nitrogen and oxygen atoms in total. The smallest absolute Gasteiger partial charge is 0.0540 e. The van der Waals surface area contributed by atoms with Gasteiger partial charge in [0.15, 0.2) is 0 Å². The molecule has 0 amide bonds. The van der Waals surface area contributed by atoms with Crippen LogP contribution >= 0.6 is 0 Å². The third-order valence-electron chi connectivity index (χ3n) is 3.04. The Balaban J connectivity index is 2.18. The van der Waals surface area contributed by atoms with E-state index in [1.807, 2.05) is 0 Å². The van der Waals surface area contributed by atoms with Gasteiger partial charge >= 0.3 is 0 Å². The van der Waals surface area contributed by atoms with Crippen LogP contribution < -0.4 is 5.32 Å². The zero-order valence-corrected chi connectivity index (χ0v) is 9.82. The number of hydrogen-bond donors (Lipinski definition) is 1. The van der Waals surface area contributed by atoms with Crippen LogP contribution in [-0.2, 0) is 0 Å². The summed E-state index contributed by atoms with van der Waals surface area (Å²) < 4.78 is 0. The van der Waals surface area contributed by atoms with Crippen LogP contribution in [-0.4, -0.2) is 5.54 Å². The molecule has 1 aliphatic rings. The molecule has 0 bridgehead atoms. The Morgan fingerprint density at radius 2 is 2.14 bits per heavy atom. The van der Waals surface area contributed by atoms with Crippen molar-refractivity contribution in [3.8, 4) is 0 Å². The Labute approximate surface area is 88.3 Å². The lowest BCUT2D eigenvalue weighted by molar-refractivity contribution is 0.438. The van der Waals surface area contributed by atoms with Crippen LogP contribution in [0.5, 0.6) is 0 Å². The van der Waals surface area contributed by atoms with E-state index in [2.05, 4.69) is 38.9 Å². The maximum Gasteiger partial charge on any atom is 0.0540 e. The quantitative estimate of drug-likeness (QED) is 0.633. The van der Waals surface area contributed by atoms with E-state index in [0.29, 0.717) is 0 Å². The fourth-order valence-corrected chi connectivity index (χ4v) is 1.71. The Bertz CT molecular complexity index is 236. The minimum atomic E-state index is 0.241. The highest BCUT2D eigenvalue weighted by atomic mass is 15.0. The zero-order valence-electron chi connectivity index (χ0n) is 9.82. The number of nitrogens with one attached hydrogen (secondary N) is 1. The summed E-state index contributed by atoms with van der Waals surface area (Å²) in [4.78, 5) is 0. The second-order valence-corrected chi connectivity index (χ2v) is 4.79. The molecule has 0 aromatic rings. The molecular weight excluding hydrogens is 170 g/mol. The monoisotopic (exact) mass is 193 g/mol. The molecule has 0 saturated heterocycles. The molecule has 0 spiro atoms. The van der Waals surface area contributed by atoms with Gasteiger partial charge in [0.25, 0.3) is 0 Å². The van der Waals surface area contributed by atoms with Crippen LogP contribution in [0.3, 0.4) is 0 Å². The molecule has 1 N–H and O–H groups in total. The maximum absolute atomic E-state index is 4.12. The summed E-state index contributed by atoms with van der Waals surface area (Å²) in [6.07, 6.45) is 8.26. The lowest BCUT2D eigenvalue weighted by Crippen LogP contribution is -2.46. The largest absolute Gasteiger partial charge is 0.382 e. The van der Waals surface area contributed by atoms with Crippen LogP contribution in [0.1, 0.15) is 52.9 Å². The van der Waals surface area contributed by atoms with Crippen molar-refractivity contribution in [1.82, 2.24) is 5.32 Å². The molecule has 0 atom stereocenters. The van der Waals surface area contributed by atoms with E-state index in [-0.39, 0.29) is 5.54 Å². The average molecular weight is 193 g/mol. The van der Waals surface area contributed by atoms with E-state index in [1.54, 1.807) is 0 Å². The predicted molar refractivity (Wildman–Crippen MR) is 63.2 cm³/mol. The van der Waals surface area contributed by atoms with Crippen LogP contribution in [0.4, 0.5) is 0 Å². The van der Waals surface area contributed by atoms with Crippen molar-refractivity contribution in [2.75, 3.05) is 0 Å². The molecule has 0 unspecified atom stereocenters. The van der Waals surface area contributed by atoms with Gasteiger partial charge < -0.3 is 5.32 Å². The summed E-state index contributed by atoms with van der Waals surface area (Å²) in [6, 6.07) is 0. The lowest BCUT2D eigenvalue weighted by atomic mass is 9.85. The Kier molecular flexibility index (Phi) is 3.79. The van der Waals surface area contributed by atoms with Gasteiger partial charge in [-0.15, -0.1) is 0 Å². The average Bonchev–Trinajstić information content (AvgIpc) is 2.13. The number of unbranched alkanes of at least 4 members (excludes halogenated alkanes) is 1. The second kappa shape index (κ2) is 4.68. The standard InChI is InChI=1S/C13H23N/c1-5-6-7-11(2)8-9-12-10-14-13(12,3)4/h10,14H,2,5-9H2,1,3-4H3. The van der Waals surface area contributed by atoms with Gasteiger partial charge in [0.1, 0.15) is 0 Å². The molecule has 0 aliphatic carbocycles. The molecule has 14 heavy (non-hydrogen) atoms. The van der Waals surface area contributed by atoms with Gasteiger partial charge in [-0.1, -0.05) is 25.5 Å². The molecule has 0 saturated carbocycles. The van der Waals surface area contributed by atoms with Crippen LogP contribution in [0.2, 0.25) is 0 Å². The van der Waals surface area contributed by atoms with E-state index < -0.39 is 0 Å². The summed E-state index contributed by atoms with van der Waals surface area (Å²) in [6.45, 7) is 10.8. The Morgan fingerprint density at radius 3 is 2.57 bits per heavy atom. The van der Waals surface area contributed by atoms with Crippen molar-refractivity contribution in [2.24, 2.45) is 0 Å². The highest BCUT2D eigenvalue weighted by molar-refractivity contribution is 5.27. The molecule has 1 heteroatoms. The van der Waals surface area contributed by atoms with Gasteiger partial charge in [0.05, 0.1) is 5.54 Å². The molecule has 1 heterocycles. The second-order valence-electron chi connectivity index (χ2n) is 4.79. The Hall–Kier alpha value is -0.720. The van der Waals surface area contributed by atoms with Crippen LogP contribution in [0, 0.1) is 0 Å². The topological polar surface area (TPSA) is 12.0 Å². The number of allylic oxidation sites excluding steroid dienone is 1. The van der Waals surface area contributed by atoms with Crippen molar-refractivity contribution in [2.45, 2.75) is 58.4 Å². The highest BCUT2D eigenvalue weighted by Crippen LogP contribution is 2.29. The highest BCUT2D eigenvalue weighted by Gasteiger charge is 2.28. The maximum atomic E-state index is 4.12. The minimum absolute atomic E-state index is 0.241. The van der Waals surface area contributed by atoms with E-state index in [4.69, 9.17) is 0 Å². The van der Waals surface area contributed by atoms with Crippen molar-refractivity contribution in [3.05, 3.63) is 23.9 Å². The Morgan fingerprint density at radius 1 is 1.43 bits per heavy atom. The summed E-state index contributed by atoms with van der Waals surface area (Å²) in [5.74, 6) is 0. The predicted octanol–water partition coefficient (Wildman–Crippen LogP) is 3.78. The van der Waals surface area contributed by atoms with Crippen molar-refractivity contribution >= 4 is 0 Å². The van der Waals surface area contributed by atoms with Crippen LogP contribution in [0.15, 0.2) is 23.9 Å². The minimum Gasteiger partial charge on any atom is -0.382 e. The van der Waals surface area contributed by atoms with E-state index in [1.165, 1.54) is 36.8 Å². The first-order chi connectivity index (χ1) is 6.56. The van der Waals surface area contributed by atoms with E-state index in [9.17, 15) is 0 Å². The first-order valence-corrected chi connectivity index (χ1v) is 5.70. The van der Waals surface area contributed by atoms with Gasteiger partial charge in [-0.2, -0.15) is 0 Å². The van der Waals surface area contributed by atoms with E-state index >= 15 is 0 Å². The first kappa shape index (κ1) is 11.4. The first-order valence-electron chi connectivity index (χ1n) is 5.70. The molecule has 0 aromatic heterocycles. The van der Waals surface area contributed by atoms with Gasteiger partial charge in [-0.05, 0) is 51.3 Å². The fraction of sp³-hybridized carbons (Fsp3) is 0.692. The summed E-state index contributed by atoms with van der Waals surface area (Å²) in [7, 11) is 0. The summed E-state index contributed by atoms with van der Waals surface area (Å²) >= 11 is 0. The number of rotatable bonds is 6. The summed E-state index contributed by atoms with van der Waals surface area (Å²) in [5.41, 5.74) is 3.19. The van der Waals surface area contributed by atoms with Crippen LogP contribution in [0.25, 0.3) is 0 Å². The van der Waals surface area contributed by atoms with Crippen molar-refractivity contribution < 1.29 is 0 Å². The van der Waals surface area contributed by atoms with Crippen molar-refractivity contribution in [3.63, 3.8) is 0 Å². The third-order valence-corrected chi connectivity index (χ3v) is 3.04. The van der Waals surface area contributed by atoms with Gasteiger partial charge in [-0.25, -0.2) is 0 Å². The SMILES string of the molecule is C=C(CCCC)CCC1=CNC1(C)C. The molecule has 1 rings (SSSR count). The molecule has 1 aliphatic heterocycles. The van der Waals surface area contributed by atoms with E-state index in [0.717, 1.165) is 6.42 Å². The molecule has 0 radical (unpaired) electrons. The third kappa shape index (κ3) is 2.90. The van der Waals surface area contributed by atoms with Gasteiger partial charge in [0.2, 0.25) is 0 Å². The van der Waals surface area contributed by atoms with Gasteiger partial charge in [-0.3, -0.25) is 0 Å². The van der Waals surface area contributed by atoms with Crippen molar-refractivity contribution in [1.29, 1.82) is 0 Å². The lowest BCUT2D eigenvalue weighted by Gasteiger charge is -2.37. The molecule has 0 fully saturated rings. The molecule has 80 valence electrons. The normalized spacial score (nSPS) is 18.1. The summed E-state index contributed by atoms with van der Waals surface area (Å²) in [5, 5.41) is 3.31.